The molecule has 0 radical (unpaired) electrons. The number of benzene rings is 1. The predicted octanol–water partition coefficient (Wildman–Crippen LogP) is 3.80. The summed E-state index contributed by atoms with van der Waals surface area (Å²) in [5.74, 6) is -0.406. The molecule has 11 heteroatoms. The number of aryl methyl sites for hydroxylation is 1. The average Bonchev–Trinajstić information content (AvgIpc) is 3.43. The van der Waals surface area contributed by atoms with Crippen LogP contribution in [0.5, 0.6) is 0 Å². The van der Waals surface area contributed by atoms with Gasteiger partial charge in [-0.25, -0.2) is 15.0 Å². The SMILES string of the molecule is Cn1cc(-c2cnc3[nH]cc(-c4cc([C@](O)(c5ccccc5)C(F)(F)F)nc(N)n4)c3c2)cn1. The Hall–Kier alpha value is -4.25. The maximum absolute atomic E-state index is 14.2. The smallest absolute Gasteiger partial charge is 0.371 e. The highest BCUT2D eigenvalue weighted by atomic mass is 19.4. The summed E-state index contributed by atoms with van der Waals surface area (Å²) >= 11 is 0. The number of nitrogens with one attached hydrogen (secondary N) is 1. The van der Waals surface area contributed by atoms with E-state index in [-0.39, 0.29) is 11.3 Å². The number of H-pyrrole nitrogens is 1. The number of anilines is 1. The standard InChI is InChI=1S/C23H18F3N7O/c1-33-12-14(10-30-33)13-7-16-17(11-29-20(16)28-9-13)18-8-19(32-21(27)31-18)22(34,23(24,25)26)15-5-3-2-4-6-15/h2-12,34H,1H3,(H,28,29)(H2,27,31,32)/t22-/m1/s1. The van der Waals surface area contributed by atoms with Crippen molar-refractivity contribution in [2.24, 2.45) is 7.05 Å². The number of alkyl halides is 3. The molecule has 1 atom stereocenters. The van der Waals surface area contributed by atoms with Crippen LogP contribution in [0.25, 0.3) is 33.4 Å². The molecule has 1 aromatic carbocycles. The maximum atomic E-state index is 14.2. The van der Waals surface area contributed by atoms with Crippen LogP contribution in [0.4, 0.5) is 19.1 Å². The summed E-state index contributed by atoms with van der Waals surface area (Å²) in [4.78, 5) is 15.3. The van der Waals surface area contributed by atoms with Crippen molar-refractivity contribution >= 4 is 17.0 Å². The monoisotopic (exact) mass is 465 g/mol. The van der Waals surface area contributed by atoms with E-state index >= 15 is 0 Å². The van der Waals surface area contributed by atoms with Crippen molar-refractivity contribution in [1.82, 2.24) is 29.7 Å². The van der Waals surface area contributed by atoms with Gasteiger partial charge in [0.1, 0.15) is 5.65 Å². The average molecular weight is 465 g/mol. The molecule has 0 fully saturated rings. The van der Waals surface area contributed by atoms with Gasteiger partial charge in [-0.15, -0.1) is 0 Å². The fraction of sp³-hybridized carbons (Fsp3) is 0.130. The van der Waals surface area contributed by atoms with Crippen LogP contribution in [0.2, 0.25) is 0 Å². The Morgan fingerprint density at radius 2 is 1.79 bits per heavy atom. The number of rotatable bonds is 4. The maximum Gasteiger partial charge on any atom is 0.427 e. The van der Waals surface area contributed by atoms with Crippen molar-refractivity contribution in [1.29, 1.82) is 0 Å². The zero-order valence-corrected chi connectivity index (χ0v) is 17.7. The van der Waals surface area contributed by atoms with E-state index in [0.29, 0.717) is 16.6 Å². The number of aliphatic hydroxyl groups is 1. The fourth-order valence-electron chi connectivity index (χ4n) is 3.87. The van der Waals surface area contributed by atoms with Crippen LogP contribution in [0.15, 0.2) is 67.3 Å². The van der Waals surface area contributed by atoms with Gasteiger partial charge in [0.15, 0.2) is 0 Å². The largest absolute Gasteiger partial charge is 0.427 e. The zero-order chi connectivity index (χ0) is 24.1. The van der Waals surface area contributed by atoms with Crippen LogP contribution >= 0.6 is 0 Å². The Balaban J connectivity index is 1.69. The number of fused-ring (bicyclic) bond motifs is 1. The molecule has 5 aromatic rings. The van der Waals surface area contributed by atoms with Crippen LogP contribution in [-0.2, 0) is 12.6 Å². The molecule has 0 aliphatic heterocycles. The van der Waals surface area contributed by atoms with Gasteiger partial charge >= 0.3 is 6.18 Å². The Labute approximate surface area is 190 Å². The van der Waals surface area contributed by atoms with E-state index in [1.165, 1.54) is 24.3 Å². The van der Waals surface area contributed by atoms with E-state index in [1.54, 1.807) is 36.4 Å². The van der Waals surface area contributed by atoms with E-state index < -0.39 is 23.4 Å². The van der Waals surface area contributed by atoms with Crippen LogP contribution in [0.1, 0.15) is 11.3 Å². The molecule has 0 amide bonds. The van der Waals surface area contributed by atoms with Crippen molar-refractivity contribution in [3.05, 3.63) is 78.5 Å². The Kier molecular flexibility index (Phi) is 4.87. The molecule has 0 aliphatic rings. The van der Waals surface area contributed by atoms with Crippen molar-refractivity contribution in [3.63, 3.8) is 0 Å². The molecule has 0 bridgehead atoms. The molecular formula is C23H18F3N7O. The van der Waals surface area contributed by atoms with Crippen LogP contribution < -0.4 is 5.73 Å². The van der Waals surface area contributed by atoms with Crippen LogP contribution in [-0.4, -0.2) is 41.0 Å². The van der Waals surface area contributed by atoms with Gasteiger partial charge in [0.2, 0.25) is 11.5 Å². The molecule has 8 nitrogen and oxygen atoms in total. The zero-order valence-electron chi connectivity index (χ0n) is 17.7. The lowest BCUT2D eigenvalue weighted by Gasteiger charge is -2.30. The summed E-state index contributed by atoms with van der Waals surface area (Å²) in [7, 11) is 1.79. The Morgan fingerprint density at radius 1 is 1.03 bits per heavy atom. The highest BCUT2D eigenvalue weighted by Crippen LogP contribution is 2.44. The molecule has 0 spiro atoms. The lowest BCUT2D eigenvalue weighted by atomic mass is 9.88. The number of aromatic amines is 1. The van der Waals surface area contributed by atoms with E-state index in [9.17, 15) is 18.3 Å². The molecule has 4 aromatic heterocycles. The summed E-state index contributed by atoms with van der Waals surface area (Å²) in [6.45, 7) is 0. The molecule has 5 rings (SSSR count). The first-order chi connectivity index (χ1) is 16.2. The van der Waals surface area contributed by atoms with E-state index in [2.05, 4.69) is 25.0 Å². The summed E-state index contributed by atoms with van der Waals surface area (Å²) in [6.07, 6.45) is 1.67. The second-order valence-electron chi connectivity index (χ2n) is 7.80. The van der Waals surface area contributed by atoms with Crippen molar-refractivity contribution in [3.8, 4) is 22.4 Å². The van der Waals surface area contributed by atoms with Gasteiger partial charge in [-0.3, -0.25) is 4.68 Å². The minimum absolute atomic E-state index is 0.109. The third-order valence-electron chi connectivity index (χ3n) is 5.56. The first-order valence-corrected chi connectivity index (χ1v) is 10.1. The number of nitrogens with two attached hydrogens (primary N) is 1. The third kappa shape index (κ3) is 3.46. The second-order valence-corrected chi connectivity index (χ2v) is 7.80. The lowest BCUT2D eigenvalue weighted by molar-refractivity contribution is -0.249. The molecule has 0 saturated heterocycles. The Morgan fingerprint density at radius 3 is 2.47 bits per heavy atom. The number of hydrogen-bond acceptors (Lipinski definition) is 6. The summed E-state index contributed by atoms with van der Waals surface area (Å²) in [5.41, 5.74) is 4.03. The minimum Gasteiger partial charge on any atom is -0.371 e. The van der Waals surface area contributed by atoms with Crippen molar-refractivity contribution < 1.29 is 18.3 Å². The molecular weight excluding hydrogens is 447 g/mol. The van der Waals surface area contributed by atoms with Crippen LogP contribution in [0, 0.1) is 0 Å². The van der Waals surface area contributed by atoms with Crippen molar-refractivity contribution in [2.75, 3.05) is 5.73 Å². The van der Waals surface area contributed by atoms with Gasteiger partial charge in [0.05, 0.1) is 17.6 Å². The summed E-state index contributed by atoms with van der Waals surface area (Å²) < 4.78 is 44.3. The van der Waals surface area contributed by atoms with Gasteiger partial charge in [0.25, 0.3) is 0 Å². The lowest BCUT2D eigenvalue weighted by Crippen LogP contribution is -2.44. The van der Waals surface area contributed by atoms with Crippen molar-refractivity contribution in [2.45, 2.75) is 11.8 Å². The highest BCUT2D eigenvalue weighted by molar-refractivity contribution is 5.95. The molecule has 0 unspecified atom stereocenters. The van der Waals surface area contributed by atoms with Gasteiger partial charge in [-0.2, -0.15) is 18.3 Å². The van der Waals surface area contributed by atoms with E-state index in [4.69, 9.17) is 5.73 Å². The quantitative estimate of drug-likeness (QED) is 0.372. The second kappa shape index (κ2) is 7.66. The molecule has 4 heterocycles. The molecule has 0 saturated carbocycles. The fourth-order valence-corrected chi connectivity index (χ4v) is 3.87. The number of nitrogens with zero attached hydrogens (tertiary/aromatic N) is 5. The summed E-state index contributed by atoms with van der Waals surface area (Å²) in [5, 5.41) is 15.7. The molecule has 4 N–H and O–H groups in total. The van der Waals surface area contributed by atoms with Gasteiger partial charge in [-0.05, 0) is 17.7 Å². The number of nitrogen functional groups attached to an aromatic ring is 1. The van der Waals surface area contributed by atoms with Gasteiger partial charge < -0.3 is 15.8 Å². The number of hydrogen-bond donors (Lipinski definition) is 3. The molecule has 172 valence electrons. The topological polar surface area (TPSA) is 119 Å². The number of aromatic nitrogens is 6. The number of halogens is 3. The first-order valence-electron chi connectivity index (χ1n) is 10.1. The number of pyridine rings is 1. The minimum atomic E-state index is -5.07. The predicted molar refractivity (Wildman–Crippen MR) is 119 cm³/mol. The van der Waals surface area contributed by atoms with E-state index in [0.717, 1.165) is 17.2 Å². The molecule has 0 aliphatic carbocycles. The summed E-state index contributed by atoms with van der Waals surface area (Å²) in [6, 6.07) is 9.65. The normalized spacial score (nSPS) is 13.8. The Bertz CT molecular complexity index is 1490. The van der Waals surface area contributed by atoms with Gasteiger partial charge in [0, 0.05) is 47.7 Å². The van der Waals surface area contributed by atoms with Crippen LogP contribution in [0.3, 0.4) is 0 Å². The molecule has 34 heavy (non-hydrogen) atoms. The first kappa shape index (κ1) is 21.6. The van der Waals surface area contributed by atoms with E-state index in [1.807, 2.05) is 12.3 Å². The van der Waals surface area contributed by atoms with Gasteiger partial charge in [-0.1, -0.05) is 30.3 Å². The third-order valence-corrected chi connectivity index (χ3v) is 5.56. The highest BCUT2D eigenvalue weighted by Gasteiger charge is 2.57.